The first-order valence-corrected chi connectivity index (χ1v) is 10.1. The van der Waals surface area contributed by atoms with Crippen LogP contribution in [0.4, 0.5) is 5.82 Å². The van der Waals surface area contributed by atoms with Gasteiger partial charge in [0.1, 0.15) is 17.0 Å². The molecule has 3 aromatic heterocycles. The number of carbonyl (C=O) groups is 1. The van der Waals surface area contributed by atoms with Crippen LogP contribution in [-0.4, -0.2) is 40.5 Å². The summed E-state index contributed by atoms with van der Waals surface area (Å²) in [5, 5.41) is 4.15. The van der Waals surface area contributed by atoms with Crippen molar-refractivity contribution in [3.63, 3.8) is 0 Å². The number of rotatable bonds is 5. The van der Waals surface area contributed by atoms with E-state index in [2.05, 4.69) is 38.2 Å². The lowest BCUT2D eigenvalue weighted by Gasteiger charge is -2.32. The van der Waals surface area contributed by atoms with Gasteiger partial charge in [-0.05, 0) is 31.4 Å². The fourth-order valence-corrected chi connectivity index (χ4v) is 4.62. The smallest absolute Gasteiger partial charge is 0.223 e. The normalized spacial score (nSPS) is 15.7. The third-order valence-corrected chi connectivity index (χ3v) is 6.10. The molecule has 0 radical (unpaired) electrons. The maximum atomic E-state index is 12.3. The minimum Gasteiger partial charge on any atom is -0.356 e. The van der Waals surface area contributed by atoms with E-state index in [4.69, 9.17) is 0 Å². The van der Waals surface area contributed by atoms with Crippen molar-refractivity contribution in [3.8, 4) is 0 Å². The van der Waals surface area contributed by atoms with Crippen LogP contribution >= 0.6 is 11.3 Å². The van der Waals surface area contributed by atoms with E-state index in [1.54, 1.807) is 17.7 Å². The van der Waals surface area contributed by atoms with Crippen molar-refractivity contribution in [3.05, 3.63) is 24.7 Å². The van der Waals surface area contributed by atoms with Crippen molar-refractivity contribution in [1.82, 2.24) is 20.3 Å². The molecule has 3 aromatic rings. The summed E-state index contributed by atoms with van der Waals surface area (Å²) < 4.78 is 1.09. The standard InChI is InChI=1S/C19H23N5OS/c1-2-3-8-20-18(25)13-6-10-24(11-7-13)17-16-15(22-12-23-17)14-5-4-9-21-19(14)26-16/h4-5,9,12-13H,2-3,6-8,10-11H2,1H3,(H,20,25). The van der Waals surface area contributed by atoms with E-state index >= 15 is 0 Å². The molecule has 0 bridgehead atoms. The number of piperidine rings is 1. The first-order valence-electron chi connectivity index (χ1n) is 9.29. The van der Waals surface area contributed by atoms with Gasteiger partial charge in [0.25, 0.3) is 0 Å². The summed E-state index contributed by atoms with van der Waals surface area (Å²) >= 11 is 1.65. The SMILES string of the molecule is CCCCNC(=O)C1CCN(c2ncnc3c2sc2ncccc23)CC1. The summed E-state index contributed by atoms with van der Waals surface area (Å²) in [5.74, 6) is 1.30. The first-order chi connectivity index (χ1) is 12.8. The molecule has 1 N–H and O–H groups in total. The molecule has 0 spiro atoms. The third-order valence-electron chi connectivity index (χ3n) is 5.00. The van der Waals surface area contributed by atoms with Gasteiger partial charge in [0.2, 0.25) is 5.91 Å². The minimum atomic E-state index is 0.115. The number of thiophene rings is 1. The van der Waals surface area contributed by atoms with E-state index in [-0.39, 0.29) is 11.8 Å². The van der Waals surface area contributed by atoms with Crippen LogP contribution in [0.2, 0.25) is 0 Å². The number of nitrogens with zero attached hydrogens (tertiary/aromatic N) is 4. The fourth-order valence-electron chi connectivity index (χ4n) is 3.51. The predicted molar refractivity (Wildman–Crippen MR) is 106 cm³/mol. The lowest BCUT2D eigenvalue weighted by molar-refractivity contribution is -0.125. The number of nitrogens with one attached hydrogen (secondary N) is 1. The Balaban J connectivity index is 1.50. The van der Waals surface area contributed by atoms with Crippen LogP contribution < -0.4 is 10.2 Å². The third kappa shape index (κ3) is 3.23. The minimum absolute atomic E-state index is 0.115. The molecule has 4 rings (SSSR count). The largest absolute Gasteiger partial charge is 0.356 e. The molecule has 0 aromatic carbocycles. The maximum Gasteiger partial charge on any atom is 0.223 e. The Labute approximate surface area is 156 Å². The highest BCUT2D eigenvalue weighted by Gasteiger charge is 2.27. The van der Waals surface area contributed by atoms with Crippen LogP contribution in [-0.2, 0) is 4.79 Å². The maximum absolute atomic E-state index is 12.3. The lowest BCUT2D eigenvalue weighted by atomic mass is 9.96. The summed E-state index contributed by atoms with van der Waals surface area (Å²) in [6.07, 6.45) is 7.34. The second-order valence-corrected chi connectivity index (χ2v) is 7.74. The molecular formula is C19H23N5OS. The van der Waals surface area contributed by atoms with Crippen LogP contribution in [0.25, 0.3) is 20.4 Å². The molecule has 4 heterocycles. The van der Waals surface area contributed by atoms with Crippen molar-refractivity contribution in [2.45, 2.75) is 32.6 Å². The molecule has 0 atom stereocenters. The van der Waals surface area contributed by atoms with Crippen molar-refractivity contribution in [2.75, 3.05) is 24.5 Å². The zero-order chi connectivity index (χ0) is 17.9. The van der Waals surface area contributed by atoms with Crippen LogP contribution in [0, 0.1) is 5.92 Å². The molecule has 0 unspecified atom stereocenters. The highest BCUT2D eigenvalue weighted by atomic mass is 32.1. The van der Waals surface area contributed by atoms with Gasteiger partial charge in [-0.25, -0.2) is 15.0 Å². The van der Waals surface area contributed by atoms with Gasteiger partial charge in [0.05, 0.1) is 10.2 Å². The van der Waals surface area contributed by atoms with Crippen molar-refractivity contribution in [2.24, 2.45) is 5.92 Å². The molecule has 1 aliphatic rings. The second-order valence-electron chi connectivity index (χ2n) is 6.74. The van der Waals surface area contributed by atoms with E-state index in [1.807, 2.05) is 12.3 Å². The summed E-state index contributed by atoms with van der Waals surface area (Å²) in [6, 6.07) is 4.00. The number of pyridine rings is 1. The van der Waals surface area contributed by atoms with Gasteiger partial charge in [-0.3, -0.25) is 4.79 Å². The van der Waals surface area contributed by atoms with Gasteiger partial charge >= 0.3 is 0 Å². The molecule has 26 heavy (non-hydrogen) atoms. The predicted octanol–water partition coefficient (Wildman–Crippen LogP) is 3.37. The molecule has 0 aliphatic carbocycles. The Kier molecular flexibility index (Phi) is 4.97. The van der Waals surface area contributed by atoms with E-state index in [1.165, 1.54) is 0 Å². The summed E-state index contributed by atoms with van der Waals surface area (Å²) in [7, 11) is 0. The van der Waals surface area contributed by atoms with E-state index in [0.29, 0.717) is 0 Å². The Morgan fingerprint density at radius 2 is 2.15 bits per heavy atom. The van der Waals surface area contributed by atoms with Gasteiger partial charge in [0, 0.05) is 37.1 Å². The van der Waals surface area contributed by atoms with Crippen molar-refractivity contribution < 1.29 is 4.79 Å². The van der Waals surface area contributed by atoms with Gasteiger partial charge < -0.3 is 10.2 Å². The van der Waals surface area contributed by atoms with Crippen molar-refractivity contribution >= 4 is 43.5 Å². The number of hydrogen-bond donors (Lipinski definition) is 1. The molecule has 7 heteroatoms. The highest BCUT2D eigenvalue weighted by molar-refractivity contribution is 7.25. The van der Waals surface area contributed by atoms with Gasteiger partial charge in [0.15, 0.2) is 0 Å². The van der Waals surface area contributed by atoms with Gasteiger partial charge in [-0.15, -0.1) is 11.3 Å². The van der Waals surface area contributed by atoms with E-state index in [0.717, 1.165) is 71.6 Å². The molecular weight excluding hydrogens is 346 g/mol. The number of unbranched alkanes of at least 4 members (excludes halogenated alkanes) is 1. The molecule has 1 amide bonds. The van der Waals surface area contributed by atoms with E-state index < -0.39 is 0 Å². The molecule has 1 aliphatic heterocycles. The number of carbonyl (C=O) groups excluding carboxylic acids is 1. The first kappa shape index (κ1) is 17.1. The zero-order valence-corrected chi connectivity index (χ0v) is 15.8. The van der Waals surface area contributed by atoms with Gasteiger partial charge in [-0.2, -0.15) is 0 Å². The monoisotopic (exact) mass is 369 g/mol. The number of aromatic nitrogens is 3. The quantitative estimate of drug-likeness (QED) is 0.698. The second kappa shape index (κ2) is 7.53. The Morgan fingerprint density at radius 1 is 1.31 bits per heavy atom. The summed E-state index contributed by atoms with van der Waals surface area (Å²) in [5.41, 5.74) is 0.975. The summed E-state index contributed by atoms with van der Waals surface area (Å²) in [6.45, 7) is 4.62. The topological polar surface area (TPSA) is 71.0 Å². The number of fused-ring (bicyclic) bond motifs is 3. The Bertz CT molecular complexity index is 917. The van der Waals surface area contributed by atoms with Crippen LogP contribution in [0.1, 0.15) is 32.6 Å². The van der Waals surface area contributed by atoms with Crippen molar-refractivity contribution in [1.29, 1.82) is 0 Å². The number of anilines is 1. The van der Waals surface area contributed by atoms with Crippen LogP contribution in [0.3, 0.4) is 0 Å². The lowest BCUT2D eigenvalue weighted by Crippen LogP contribution is -2.41. The molecule has 6 nitrogen and oxygen atoms in total. The Morgan fingerprint density at radius 3 is 2.96 bits per heavy atom. The average Bonchev–Trinajstić information content (AvgIpc) is 3.07. The fraction of sp³-hybridized carbons (Fsp3) is 0.474. The molecule has 1 fully saturated rings. The zero-order valence-electron chi connectivity index (χ0n) is 14.9. The highest BCUT2D eigenvalue weighted by Crippen LogP contribution is 2.37. The summed E-state index contributed by atoms with van der Waals surface area (Å²) in [4.78, 5) is 29.1. The molecule has 136 valence electrons. The number of amides is 1. The average molecular weight is 369 g/mol. The van der Waals surface area contributed by atoms with E-state index in [9.17, 15) is 4.79 Å². The molecule has 1 saturated heterocycles. The van der Waals surface area contributed by atoms with Crippen LogP contribution in [0.5, 0.6) is 0 Å². The number of hydrogen-bond acceptors (Lipinski definition) is 6. The molecule has 0 saturated carbocycles. The van der Waals surface area contributed by atoms with Crippen LogP contribution in [0.15, 0.2) is 24.7 Å². The Hall–Kier alpha value is -2.28. The van der Waals surface area contributed by atoms with Gasteiger partial charge in [-0.1, -0.05) is 13.3 Å².